The smallest absolute Gasteiger partial charge is 0.246 e. The third-order valence-electron chi connectivity index (χ3n) is 4.85. The van der Waals surface area contributed by atoms with Gasteiger partial charge >= 0.3 is 0 Å². The molecule has 1 atom stereocenters. The summed E-state index contributed by atoms with van der Waals surface area (Å²) in [6, 6.07) is 13.8. The molecule has 0 spiro atoms. The van der Waals surface area contributed by atoms with E-state index < -0.39 is 16.1 Å². The molecule has 0 aliphatic carbocycles. The number of carbonyl (C=O) groups excluding carboxylic acids is 1. The van der Waals surface area contributed by atoms with E-state index in [0.717, 1.165) is 12.1 Å². The van der Waals surface area contributed by atoms with Crippen molar-refractivity contribution in [1.82, 2.24) is 4.31 Å². The summed E-state index contributed by atoms with van der Waals surface area (Å²) in [5, 5.41) is 5.95. The van der Waals surface area contributed by atoms with Gasteiger partial charge in [0, 0.05) is 24.5 Å². The van der Waals surface area contributed by atoms with Gasteiger partial charge in [0.25, 0.3) is 0 Å². The van der Waals surface area contributed by atoms with Crippen molar-refractivity contribution in [3.8, 4) is 0 Å². The van der Waals surface area contributed by atoms with Crippen LogP contribution in [-0.4, -0.2) is 51.0 Å². The average Bonchev–Trinajstić information content (AvgIpc) is 2.75. The Morgan fingerprint density at radius 2 is 1.79 bits per heavy atom. The number of rotatable bonds is 7. The molecule has 1 saturated heterocycles. The quantitative estimate of drug-likeness (QED) is 0.723. The first-order valence-electron chi connectivity index (χ1n) is 9.74. The highest BCUT2D eigenvalue weighted by atomic mass is 32.2. The van der Waals surface area contributed by atoms with Gasteiger partial charge in [-0.3, -0.25) is 4.79 Å². The van der Waals surface area contributed by atoms with Crippen LogP contribution in [0.3, 0.4) is 0 Å². The number of aryl methyl sites for hydroxylation is 1. The Hall–Kier alpha value is -2.42. The molecule has 1 heterocycles. The Balaban J connectivity index is 1.66. The summed E-state index contributed by atoms with van der Waals surface area (Å²) in [7, 11) is -3.61. The topological polar surface area (TPSA) is 87.7 Å². The molecule has 0 bridgehead atoms. The van der Waals surface area contributed by atoms with Gasteiger partial charge in [-0.05, 0) is 49.2 Å². The van der Waals surface area contributed by atoms with Crippen LogP contribution in [0.4, 0.5) is 11.4 Å². The predicted molar refractivity (Wildman–Crippen MR) is 114 cm³/mol. The van der Waals surface area contributed by atoms with Gasteiger partial charge < -0.3 is 15.4 Å². The number of sulfonamides is 1. The van der Waals surface area contributed by atoms with Crippen molar-refractivity contribution in [1.29, 1.82) is 0 Å². The normalized spacial score (nSPS) is 16.2. The van der Waals surface area contributed by atoms with Gasteiger partial charge in [0.1, 0.15) is 6.04 Å². The number of carbonyl (C=O) groups is 1. The Kier molecular flexibility index (Phi) is 6.89. The van der Waals surface area contributed by atoms with Crippen molar-refractivity contribution in [2.75, 3.05) is 36.9 Å². The van der Waals surface area contributed by atoms with E-state index in [1.165, 1.54) is 22.0 Å². The molecular formula is C21H27N3O4S. The Morgan fingerprint density at radius 3 is 2.45 bits per heavy atom. The standard InChI is InChI=1S/C21H27N3O4S/c1-3-17-7-9-18(10-8-17)22-16(2)21(25)23-19-5-4-6-20(15-19)29(26,27)24-11-13-28-14-12-24/h4-10,15-16,22H,3,11-14H2,1-2H3,(H,23,25)/t16-/m1/s1. The average molecular weight is 418 g/mol. The molecule has 1 amide bonds. The van der Waals surface area contributed by atoms with Crippen LogP contribution in [0.25, 0.3) is 0 Å². The Morgan fingerprint density at radius 1 is 1.10 bits per heavy atom. The van der Waals surface area contributed by atoms with E-state index >= 15 is 0 Å². The number of morpholine rings is 1. The van der Waals surface area contributed by atoms with Crippen molar-refractivity contribution in [3.05, 3.63) is 54.1 Å². The van der Waals surface area contributed by atoms with Crippen molar-refractivity contribution in [2.45, 2.75) is 31.2 Å². The molecule has 29 heavy (non-hydrogen) atoms. The Labute approximate surface area is 172 Å². The molecule has 0 unspecified atom stereocenters. The second kappa shape index (κ2) is 9.39. The summed E-state index contributed by atoms with van der Waals surface area (Å²) in [6.45, 7) is 5.28. The fourth-order valence-corrected chi connectivity index (χ4v) is 4.53. The SMILES string of the molecule is CCc1ccc(N[C@H](C)C(=O)Nc2cccc(S(=O)(=O)N3CCOCC3)c2)cc1. The van der Waals surface area contributed by atoms with Crippen LogP contribution >= 0.6 is 0 Å². The maximum atomic E-state index is 12.8. The van der Waals surface area contributed by atoms with Crippen LogP contribution in [-0.2, 0) is 26.0 Å². The lowest BCUT2D eigenvalue weighted by atomic mass is 10.1. The lowest BCUT2D eigenvalue weighted by Crippen LogP contribution is -2.40. The van der Waals surface area contributed by atoms with E-state index in [4.69, 9.17) is 4.74 Å². The minimum absolute atomic E-state index is 0.160. The third-order valence-corrected chi connectivity index (χ3v) is 6.74. The molecule has 7 nitrogen and oxygen atoms in total. The molecule has 2 aromatic carbocycles. The lowest BCUT2D eigenvalue weighted by molar-refractivity contribution is -0.116. The van der Waals surface area contributed by atoms with Gasteiger partial charge in [0.2, 0.25) is 15.9 Å². The van der Waals surface area contributed by atoms with Crippen LogP contribution in [0.5, 0.6) is 0 Å². The van der Waals surface area contributed by atoms with Gasteiger partial charge in [0.05, 0.1) is 18.1 Å². The van der Waals surface area contributed by atoms with Crippen LogP contribution in [0, 0.1) is 0 Å². The second-order valence-electron chi connectivity index (χ2n) is 6.95. The van der Waals surface area contributed by atoms with E-state index in [1.807, 2.05) is 24.3 Å². The molecule has 0 aromatic heterocycles. The molecule has 1 fully saturated rings. The van der Waals surface area contributed by atoms with E-state index in [2.05, 4.69) is 17.6 Å². The minimum Gasteiger partial charge on any atom is -0.379 e. The fourth-order valence-electron chi connectivity index (χ4n) is 3.07. The zero-order valence-electron chi connectivity index (χ0n) is 16.7. The minimum atomic E-state index is -3.61. The number of anilines is 2. The molecule has 2 N–H and O–H groups in total. The first-order valence-corrected chi connectivity index (χ1v) is 11.2. The summed E-state index contributed by atoms with van der Waals surface area (Å²) in [4.78, 5) is 12.7. The molecule has 0 saturated carbocycles. The first kappa shape index (κ1) is 21.3. The number of hydrogen-bond donors (Lipinski definition) is 2. The highest BCUT2D eigenvalue weighted by Crippen LogP contribution is 2.21. The predicted octanol–water partition coefficient (Wildman–Crippen LogP) is 2.71. The largest absolute Gasteiger partial charge is 0.379 e. The van der Waals surface area contributed by atoms with Crippen molar-refractivity contribution in [2.24, 2.45) is 0 Å². The van der Waals surface area contributed by atoms with Crippen molar-refractivity contribution < 1.29 is 17.9 Å². The van der Waals surface area contributed by atoms with Crippen molar-refractivity contribution in [3.63, 3.8) is 0 Å². The summed E-state index contributed by atoms with van der Waals surface area (Å²) in [6.07, 6.45) is 0.958. The molecule has 1 aliphatic rings. The maximum Gasteiger partial charge on any atom is 0.246 e. The number of amides is 1. The zero-order chi connectivity index (χ0) is 20.9. The highest BCUT2D eigenvalue weighted by molar-refractivity contribution is 7.89. The van der Waals surface area contributed by atoms with Crippen LogP contribution in [0.1, 0.15) is 19.4 Å². The molecule has 3 rings (SSSR count). The van der Waals surface area contributed by atoms with Crippen LogP contribution in [0.15, 0.2) is 53.4 Å². The molecule has 8 heteroatoms. The van der Waals surface area contributed by atoms with Gasteiger partial charge in [-0.1, -0.05) is 25.1 Å². The van der Waals surface area contributed by atoms with Crippen LogP contribution < -0.4 is 10.6 Å². The molecule has 2 aromatic rings. The molecule has 156 valence electrons. The highest BCUT2D eigenvalue weighted by Gasteiger charge is 2.26. The van der Waals surface area contributed by atoms with E-state index in [-0.39, 0.29) is 10.8 Å². The van der Waals surface area contributed by atoms with Gasteiger partial charge in [-0.25, -0.2) is 8.42 Å². The number of hydrogen-bond acceptors (Lipinski definition) is 5. The summed E-state index contributed by atoms with van der Waals surface area (Å²) >= 11 is 0. The number of benzene rings is 2. The Bertz CT molecular complexity index is 939. The zero-order valence-corrected chi connectivity index (χ0v) is 17.5. The summed E-state index contributed by atoms with van der Waals surface area (Å²) in [5.74, 6) is -0.245. The number of nitrogens with one attached hydrogen (secondary N) is 2. The summed E-state index contributed by atoms with van der Waals surface area (Å²) < 4.78 is 32.2. The molecular weight excluding hydrogens is 390 g/mol. The third kappa shape index (κ3) is 5.35. The first-order chi connectivity index (χ1) is 13.9. The van der Waals surface area contributed by atoms with E-state index in [1.54, 1.807) is 19.1 Å². The van der Waals surface area contributed by atoms with Gasteiger partial charge in [0.15, 0.2) is 0 Å². The molecule has 1 aliphatic heterocycles. The van der Waals surface area contributed by atoms with Crippen molar-refractivity contribution >= 4 is 27.3 Å². The van der Waals surface area contributed by atoms with E-state index in [0.29, 0.717) is 32.0 Å². The summed E-state index contributed by atoms with van der Waals surface area (Å²) in [5.41, 5.74) is 2.53. The van der Waals surface area contributed by atoms with Gasteiger partial charge in [-0.15, -0.1) is 0 Å². The monoisotopic (exact) mass is 417 g/mol. The van der Waals surface area contributed by atoms with E-state index in [9.17, 15) is 13.2 Å². The van der Waals surface area contributed by atoms with Crippen LogP contribution in [0.2, 0.25) is 0 Å². The lowest BCUT2D eigenvalue weighted by Gasteiger charge is -2.26. The number of nitrogens with zero attached hydrogens (tertiary/aromatic N) is 1. The van der Waals surface area contributed by atoms with Gasteiger partial charge in [-0.2, -0.15) is 4.31 Å². The molecule has 0 radical (unpaired) electrons. The second-order valence-corrected chi connectivity index (χ2v) is 8.89. The number of ether oxygens (including phenoxy) is 1. The fraction of sp³-hybridized carbons (Fsp3) is 0.381. The maximum absolute atomic E-state index is 12.8.